The first-order valence-corrected chi connectivity index (χ1v) is 8.24. The molecule has 1 N–H and O–H groups in total. The highest BCUT2D eigenvalue weighted by molar-refractivity contribution is 6.30. The predicted molar refractivity (Wildman–Crippen MR) is 84.7 cm³/mol. The number of anilines is 1. The third kappa shape index (κ3) is 3.06. The summed E-state index contributed by atoms with van der Waals surface area (Å²) in [4.78, 5) is 0. The molecule has 0 heterocycles. The minimum absolute atomic E-state index is 0.571. The molecular formula is C17H24ClNO. The zero-order chi connectivity index (χ0) is 13.9. The van der Waals surface area contributed by atoms with E-state index in [-0.39, 0.29) is 0 Å². The van der Waals surface area contributed by atoms with Crippen LogP contribution in [0.2, 0.25) is 5.02 Å². The van der Waals surface area contributed by atoms with E-state index in [0.29, 0.717) is 6.04 Å². The van der Waals surface area contributed by atoms with E-state index in [1.165, 1.54) is 44.9 Å². The van der Waals surface area contributed by atoms with E-state index < -0.39 is 0 Å². The van der Waals surface area contributed by atoms with Crippen molar-refractivity contribution in [2.75, 3.05) is 12.4 Å². The van der Waals surface area contributed by atoms with Crippen molar-refractivity contribution in [3.05, 3.63) is 23.2 Å². The predicted octanol–water partition coefficient (Wildman–Crippen LogP) is 5.12. The fraction of sp³-hybridized carbons (Fsp3) is 0.647. The van der Waals surface area contributed by atoms with Crippen molar-refractivity contribution in [2.45, 2.75) is 51.0 Å². The van der Waals surface area contributed by atoms with Crippen molar-refractivity contribution in [1.82, 2.24) is 0 Å². The van der Waals surface area contributed by atoms with Gasteiger partial charge in [0, 0.05) is 11.1 Å². The van der Waals surface area contributed by atoms with Gasteiger partial charge >= 0.3 is 0 Å². The first-order valence-electron chi connectivity index (χ1n) is 7.86. The van der Waals surface area contributed by atoms with Crippen LogP contribution in [0.1, 0.15) is 44.9 Å². The number of hydrogen-bond donors (Lipinski definition) is 1. The Morgan fingerprint density at radius 1 is 1.10 bits per heavy atom. The Labute approximate surface area is 126 Å². The van der Waals surface area contributed by atoms with Crippen LogP contribution in [0, 0.1) is 11.8 Å². The Morgan fingerprint density at radius 3 is 2.70 bits per heavy atom. The molecule has 3 unspecified atom stereocenters. The Balaban J connectivity index is 1.67. The van der Waals surface area contributed by atoms with E-state index in [9.17, 15) is 0 Å². The number of halogens is 1. The fourth-order valence-corrected chi connectivity index (χ4v) is 4.19. The van der Waals surface area contributed by atoms with E-state index >= 15 is 0 Å². The van der Waals surface area contributed by atoms with Crippen LogP contribution in [-0.2, 0) is 0 Å². The molecule has 0 radical (unpaired) electrons. The number of nitrogens with one attached hydrogen (secondary N) is 1. The molecule has 0 saturated heterocycles. The average molecular weight is 294 g/mol. The molecule has 2 nitrogen and oxygen atoms in total. The van der Waals surface area contributed by atoms with Crippen LogP contribution < -0.4 is 10.1 Å². The van der Waals surface area contributed by atoms with Gasteiger partial charge in [-0.1, -0.05) is 37.3 Å². The lowest BCUT2D eigenvalue weighted by Crippen LogP contribution is -2.34. The maximum absolute atomic E-state index is 6.11. The van der Waals surface area contributed by atoms with Crippen molar-refractivity contribution >= 4 is 17.3 Å². The van der Waals surface area contributed by atoms with Gasteiger partial charge in [0.25, 0.3) is 0 Å². The van der Waals surface area contributed by atoms with Crippen LogP contribution in [-0.4, -0.2) is 13.2 Å². The Hall–Kier alpha value is -0.890. The number of hydrogen-bond acceptors (Lipinski definition) is 2. The first kappa shape index (κ1) is 14.1. The summed E-state index contributed by atoms with van der Waals surface area (Å²) in [5.74, 6) is 2.81. The normalized spacial score (nSPS) is 29.6. The van der Waals surface area contributed by atoms with Crippen molar-refractivity contribution < 1.29 is 4.74 Å². The number of ether oxygens (including phenoxy) is 1. The molecule has 3 rings (SSSR count). The first-order chi connectivity index (χ1) is 9.76. The molecule has 2 saturated carbocycles. The molecule has 20 heavy (non-hydrogen) atoms. The van der Waals surface area contributed by atoms with Gasteiger partial charge in [0.05, 0.1) is 12.8 Å². The number of fused-ring (bicyclic) bond motifs is 1. The van der Waals surface area contributed by atoms with E-state index in [1.807, 2.05) is 18.2 Å². The highest BCUT2D eigenvalue weighted by Crippen LogP contribution is 2.41. The maximum Gasteiger partial charge on any atom is 0.142 e. The van der Waals surface area contributed by atoms with Gasteiger partial charge in [-0.2, -0.15) is 0 Å². The van der Waals surface area contributed by atoms with Crippen LogP contribution in [0.25, 0.3) is 0 Å². The fourth-order valence-electron chi connectivity index (χ4n) is 4.02. The maximum atomic E-state index is 6.11. The van der Waals surface area contributed by atoms with Crippen LogP contribution in [0.5, 0.6) is 5.75 Å². The van der Waals surface area contributed by atoms with Crippen molar-refractivity contribution in [2.24, 2.45) is 11.8 Å². The summed E-state index contributed by atoms with van der Waals surface area (Å²) >= 11 is 6.11. The SMILES string of the molecule is COc1ccc(Cl)cc1NC1CCC2CCCCC2C1. The smallest absolute Gasteiger partial charge is 0.142 e. The van der Waals surface area contributed by atoms with Crippen molar-refractivity contribution in [3.63, 3.8) is 0 Å². The summed E-state index contributed by atoms with van der Waals surface area (Å²) in [6, 6.07) is 6.37. The minimum Gasteiger partial charge on any atom is -0.495 e. The second-order valence-corrected chi connectivity index (χ2v) is 6.74. The van der Waals surface area contributed by atoms with Gasteiger partial charge in [-0.05, 0) is 49.3 Å². The monoisotopic (exact) mass is 293 g/mol. The van der Waals surface area contributed by atoms with Gasteiger partial charge in [-0.3, -0.25) is 0 Å². The van der Waals surface area contributed by atoms with Gasteiger partial charge in [0.1, 0.15) is 5.75 Å². The standard InChI is InChI=1S/C17H24ClNO/c1-20-17-9-7-14(18)11-16(17)19-15-8-6-12-4-2-3-5-13(12)10-15/h7,9,11-13,15,19H,2-6,8,10H2,1H3. The van der Waals surface area contributed by atoms with E-state index in [2.05, 4.69) is 5.32 Å². The van der Waals surface area contributed by atoms with E-state index in [1.54, 1.807) is 7.11 Å². The van der Waals surface area contributed by atoms with Crippen molar-refractivity contribution in [3.8, 4) is 5.75 Å². The highest BCUT2D eigenvalue weighted by atomic mass is 35.5. The molecule has 2 fully saturated rings. The van der Waals surface area contributed by atoms with Gasteiger partial charge in [0.15, 0.2) is 0 Å². The van der Waals surface area contributed by atoms with E-state index in [4.69, 9.17) is 16.3 Å². The molecule has 0 bridgehead atoms. The van der Waals surface area contributed by atoms with Gasteiger partial charge in [0.2, 0.25) is 0 Å². The minimum atomic E-state index is 0.571. The molecule has 1 aromatic carbocycles. The Bertz CT molecular complexity index is 462. The van der Waals surface area contributed by atoms with Crippen LogP contribution in [0.15, 0.2) is 18.2 Å². The lowest BCUT2D eigenvalue weighted by atomic mass is 9.69. The van der Waals surface area contributed by atoms with Crippen LogP contribution in [0.4, 0.5) is 5.69 Å². The zero-order valence-corrected chi connectivity index (χ0v) is 13.0. The Kier molecular flexibility index (Phi) is 4.40. The van der Waals surface area contributed by atoms with Crippen LogP contribution in [0.3, 0.4) is 0 Å². The highest BCUT2D eigenvalue weighted by Gasteiger charge is 2.32. The molecule has 2 aliphatic carbocycles. The molecule has 3 heteroatoms. The topological polar surface area (TPSA) is 21.3 Å². The Morgan fingerprint density at radius 2 is 1.90 bits per heavy atom. The average Bonchev–Trinajstić information content (AvgIpc) is 2.47. The molecule has 110 valence electrons. The summed E-state index contributed by atoms with van der Waals surface area (Å²) in [7, 11) is 1.71. The number of rotatable bonds is 3. The molecule has 0 aliphatic heterocycles. The lowest BCUT2D eigenvalue weighted by molar-refractivity contribution is 0.162. The van der Waals surface area contributed by atoms with Gasteiger partial charge in [-0.25, -0.2) is 0 Å². The van der Waals surface area contributed by atoms with Gasteiger partial charge < -0.3 is 10.1 Å². The summed E-state index contributed by atoms with van der Waals surface area (Å²) in [6.07, 6.45) is 9.71. The largest absolute Gasteiger partial charge is 0.495 e. The van der Waals surface area contributed by atoms with E-state index in [0.717, 1.165) is 28.3 Å². The quantitative estimate of drug-likeness (QED) is 0.835. The molecule has 0 amide bonds. The zero-order valence-electron chi connectivity index (χ0n) is 12.2. The summed E-state index contributed by atoms with van der Waals surface area (Å²) in [6.45, 7) is 0. The number of benzene rings is 1. The summed E-state index contributed by atoms with van der Waals surface area (Å²) < 4.78 is 5.43. The molecule has 0 aromatic heterocycles. The molecular weight excluding hydrogens is 270 g/mol. The summed E-state index contributed by atoms with van der Waals surface area (Å²) in [5, 5.41) is 4.43. The third-order valence-electron chi connectivity index (χ3n) is 5.06. The second kappa shape index (κ2) is 6.26. The van der Waals surface area contributed by atoms with Crippen molar-refractivity contribution in [1.29, 1.82) is 0 Å². The lowest BCUT2D eigenvalue weighted by Gasteiger charge is -2.40. The number of methoxy groups -OCH3 is 1. The van der Waals surface area contributed by atoms with Gasteiger partial charge in [-0.15, -0.1) is 0 Å². The summed E-state index contributed by atoms with van der Waals surface area (Å²) in [5.41, 5.74) is 1.04. The second-order valence-electron chi connectivity index (χ2n) is 6.30. The molecule has 2 aliphatic rings. The molecule has 3 atom stereocenters. The molecule has 0 spiro atoms. The third-order valence-corrected chi connectivity index (χ3v) is 5.30. The molecule has 1 aromatic rings. The van der Waals surface area contributed by atoms with Crippen LogP contribution >= 0.6 is 11.6 Å².